The van der Waals surface area contributed by atoms with Gasteiger partial charge in [0.15, 0.2) is 0 Å². The Balaban J connectivity index is 1.62. The van der Waals surface area contributed by atoms with E-state index in [0.717, 1.165) is 12.1 Å². The fourth-order valence-corrected chi connectivity index (χ4v) is 4.05. The quantitative estimate of drug-likeness (QED) is 0.887. The minimum atomic E-state index is -0.259. The average molecular weight is 352 g/mol. The van der Waals surface area contributed by atoms with Gasteiger partial charge in [0.25, 0.3) is 11.5 Å². The van der Waals surface area contributed by atoms with Gasteiger partial charge in [0, 0.05) is 44.4 Å². The molecular formula is C19H20N4O3. The number of carbonyl (C=O) groups is 2. The molecule has 2 aromatic rings. The van der Waals surface area contributed by atoms with Gasteiger partial charge in [-0.15, -0.1) is 0 Å². The summed E-state index contributed by atoms with van der Waals surface area (Å²) in [5.74, 6) is 0.0187. The lowest BCUT2D eigenvalue weighted by Crippen LogP contribution is -2.49. The van der Waals surface area contributed by atoms with Gasteiger partial charge in [0.1, 0.15) is 11.4 Å². The molecule has 0 spiro atoms. The summed E-state index contributed by atoms with van der Waals surface area (Å²) in [5, 5.41) is 2.59. The molecule has 2 aliphatic heterocycles. The Labute approximate surface area is 150 Å². The van der Waals surface area contributed by atoms with Crippen LogP contribution in [-0.2, 0) is 11.3 Å². The van der Waals surface area contributed by atoms with Crippen LogP contribution < -0.4 is 10.9 Å². The molecule has 2 bridgehead atoms. The minimum Gasteiger partial charge on any atom is -0.336 e. The number of carbonyl (C=O) groups excluding carboxylic acids is 2. The van der Waals surface area contributed by atoms with Crippen molar-refractivity contribution in [3.05, 3.63) is 58.3 Å². The third kappa shape index (κ3) is 2.89. The molecule has 1 saturated heterocycles. The lowest BCUT2D eigenvalue weighted by atomic mass is 9.83. The molecule has 4 rings (SSSR count). The molecule has 0 saturated carbocycles. The van der Waals surface area contributed by atoms with Crippen molar-refractivity contribution in [2.24, 2.45) is 5.92 Å². The number of fused-ring (bicyclic) bond motifs is 4. The van der Waals surface area contributed by atoms with Gasteiger partial charge in [-0.2, -0.15) is 0 Å². The van der Waals surface area contributed by atoms with Crippen LogP contribution in [0.15, 0.2) is 41.3 Å². The molecule has 2 aliphatic rings. The second-order valence-corrected chi connectivity index (χ2v) is 6.99. The standard InChI is InChI=1S/C19H20N4O3/c1-12(24)21-16-5-6-17-14-8-13(10-23(17)19(16)26)9-22(11-14)18(25)15-4-2-3-7-20-15/h2-7,13-14H,8-11H2,1H3,(H,21,24). The second kappa shape index (κ2) is 6.40. The highest BCUT2D eigenvalue weighted by Crippen LogP contribution is 2.35. The van der Waals surface area contributed by atoms with Gasteiger partial charge in [-0.05, 0) is 36.6 Å². The van der Waals surface area contributed by atoms with Crippen LogP contribution in [-0.4, -0.2) is 39.4 Å². The number of hydrogen-bond donors (Lipinski definition) is 1. The van der Waals surface area contributed by atoms with Crippen LogP contribution in [0.4, 0.5) is 5.69 Å². The van der Waals surface area contributed by atoms with Crippen molar-refractivity contribution >= 4 is 17.5 Å². The maximum absolute atomic E-state index is 12.7. The third-order valence-electron chi connectivity index (χ3n) is 5.09. The van der Waals surface area contributed by atoms with Gasteiger partial charge in [-0.1, -0.05) is 6.07 Å². The predicted molar refractivity (Wildman–Crippen MR) is 96.0 cm³/mol. The monoisotopic (exact) mass is 352 g/mol. The van der Waals surface area contributed by atoms with Crippen LogP contribution in [0.1, 0.15) is 35.4 Å². The van der Waals surface area contributed by atoms with Gasteiger partial charge in [-0.3, -0.25) is 19.4 Å². The smallest absolute Gasteiger partial charge is 0.274 e. The van der Waals surface area contributed by atoms with E-state index in [2.05, 4.69) is 10.3 Å². The number of likely N-dealkylation sites (tertiary alicyclic amines) is 1. The number of hydrogen-bond acceptors (Lipinski definition) is 4. The summed E-state index contributed by atoms with van der Waals surface area (Å²) in [4.78, 5) is 42.7. The summed E-state index contributed by atoms with van der Waals surface area (Å²) >= 11 is 0. The van der Waals surface area contributed by atoms with Gasteiger partial charge >= 0.3 is 0 Å². The molecule has 7 nitrogen and oxygen atoms in total. The first-order valence-electron chi connectivity index (χ1n) is 8.74. The molecule has 2 atom stereocenters. The Kier molecular flexibility index (Phi) is 4.06. The Morgan fingerprint density at radius 2 is 2.00 bits per heavy atom. The van der Waals surface area contributed by atoms with Crippen molar-refractivity contribution in [1.82, 2.24) is 14.5 Å². The maximum Gasteiger partial charge on any atom is 0.274 e. The van der Waals surface area contributed by atoms with Crippen LogP contribution in [0, 0.1) is 5.92 Å². The predicted octanol–water partition coefficient (Wildman–Crippen LogP) is 1.46. The SMILES string of the molecule is CC(=O)Nc1ccc2n(c1=O)CC1CC2CN(C(=O)c2ccccn2)C1. The van der Waals surface area contributed by atoms with E-state index in [9.17, 15) is 14.4 Å². The number of anilines is 1. The summed E-state index contributed by atoms with van der Waals surface area (Å²) in [6.07, 6.45) is 2.58. The first-order valence-corrected chi connectivity index (χ1v) is 8.74. The lowest BCUT2D eigenvalue weighted by Gasteiger charge is -2.42. The highest BCUT2D eigenvalue weighted by molar-refractivity contribution is 5.92. The Hall–Kier alpha value is -2.96. The van der Waals surface area contributed by atoms with Gasteiger partial charge in [0.2, 0.25) is 5.91 Å². The summed E-state index contributed by atoms with van der Waals surface area (Å²) in [5.41, 5.74) is 1.52. The fraction of sp³-hybridized carbons (Fsp3) is 0.368. The number of rotatable bonds is 2. The number of pyridine rings is 2. The van der Waals surface area contributed by atoms with Crippen molar-refractivity contribution in [2.45, 2.75) is 25.8 Å². The summed E-state index contributed by atoms with van der Waals surface area (Å²) in [6.45, 7) is 3.14. The number of piperidine rings is 1. The number of aromatic nitrogens is 2. The molecule has 2 aromatic heterocycles. The molecule has 4 heterocycles. The summed E-state index contributed by atoms with van der Waals surface area (Å²) in [6, 6.07) is 8.88. The number of nitrogens with one attached hydrogen (secondary N) is 1. The molecule has 1 fully saturated rings. The fourth-order valence-electron chi connectivity index (χ4n) is 4.05. The summed E-state index contributed by atoms with van der Waals surface area (Å²) in [7, 11) is 0. The van der Waals surface area contributed by atoms with Crippen molar-refractivity contribution < 1.29 is 9.59 Å². The van der Waals surface area contributed by atoms with Crippen LogP contribution in [0.3, 0.4) is 0 Å². The van der Waals surface area contributed by atoms with E-state index in [1.54, 1.807) is 29.0 Å². The minimum absolute atomic E-state index is 0.0639. The Bertz CT molecular complexity index is 922. The van der Waals surface area contributed by atoms with E-state index in [0.29, 0.717) is 31.0 Å². The molecule has 0 radical (unpaired) electrons. The van der Waals surface area contributed by atoms with Crippen molar-refractivity contribution in [1.29, 1.82) is 0 Å². The molecular weight excluding hydrogens is 332 g/mol. The molecule has 1 N–H and O–H groups in total. The molecule has 0 aliphatic carbocycles. The Morgan fingerprint density at radius 3 is 2.73 bits per heavy atom. The topological polar surface area (TPSA) is 84.3 Å². The zero-order valence-corrected chi connectivity index (χ0v) is 14.5. The van der Waals surface area contributed by atoms with E-state index >= 15 is 0 Å². The first kappa shape index (κ1) is 16.5. The molecule has 2 amide bonds. The van der Waals surface area contributed by atoms with Crippen LogP contribution in [0.25, 0.3) is 0 Å². The average Bonchev–Trinajstić information content (AvgIpc) is 2.64. The maximum atomic E-state index is 12.7. The van der Waals surface area contributed by atoms with Crippen molar-refractivity contribution in [3.63, 3.8) is 0 Å². The van der Waals surface area contributed by atoms with Crippen LogP contribution in [0.5, 0.6) is 0 Å². The highest BCUT2D eigenvalue weighted by Gasteiger charge is 2.37. The van der Waals surface area contributed by atoms with E-state index in [1.165, 1.54) is 6.92 Å². The van der Waals surface area contributed by atoms with Crippen molar-refractivity contribution in [2.75, 3.05) is 18.4 Å². The van der Waals surface area contributed by atoms with Gasteiger partial charge < -0.3 is 14.8 Å². The molecule has 26 heavy (non-hydrogen) atoms. The first-order chi connectivity index (χ1) is 12.5. The number of nitrogens with zero attached hydrogens (tertiary/aromatic N) is 3. The zero-order valence-electron chi connectivity index (χ0n) is 14.5. The largest absolute Gasteiger partial charge is 0.336 e. The normalized spacial score (nSPS) is 21.0. The second-order valence-electron chi connectivity index (χ2n) is 6.99. The van der Waals surface area contributed by atoms with Gasteiger partial charge in [0.05, 0.1) is 0 Å². The lowest BCUT2D eigenvalue weighted by molar-refractivity contribution is -0.114. The van der Waals surface area contributed by atoms with Crippen LogP contribution >= 0.6 is 0 Å². The van der Waals surface area contributed by atoms with E-state index < -0.39 is 0 Å². The third-order valence-corrected chi connectivity index (χ3v) is 5.09. The molecule has 0 aromatic carbocycles. The zero-order chi connectivity index (χ0) is 18.3. The number of amides is 2. The van der Waals surface area contributed by atoms with E-state index in [-0.39, 0.29) is 29.2 Å². The van der Waals surface area contributed by atoms with Crippen LogP contribution in [0.2, 0.25) is 0 Å². The molecule has 2 unspecified atom stereocenters. The summed E-state index contributed by atoms with van der Waals surface area (Å²) < 4.78 is 1.76. The van der Waals surface area contributed by atoms with Gasteiger partial charge in [-0.25, -0.2) is 0 Å². The molecule has 7 heteroatoms. The molecule has 134 valence electrons. The Morgan fingerprint density at radius 1 is 1.15 bits per heavy atom. The highest BCUT2D eigenvalue weighted by atomic mass is 16.2. The van der Waals surface area contributed by atoms with Crippen molar-refractivity contribution in [3.8, 4) is 0 Å². The van der Waals surface area contributed by atoms with E-state index in [1.807, 2.05) is 17.0 Å². The van der Waals surface area contributed by atoms with E-state index in [4.69, 9.17) is 0 Å².